The number of aliphatic hydroxyl groups is 1. The highest BCUT2D eigenvalue weighted by atomic mass is 32.2. The van der Waals surface area contributed by atoms with Crippen LogP contribution in [0.5, 0.6) is 5.75 Å². The quantitative estimate of drug-likeness (QED) is 0.811. The molecule has 0 radical (unpaired) electrons. The van der Waals surface area contributed by atoms with Crippen molar-refractivity contribution in [1.29, 1.82) is 0 Å². The number of nitrogens with zero attached hydrogens (tertiary/aromatic N) is 1. The first kappa shape index (κ1) is 16.2. The summed E-state index contributed by atoms with van der Waals surface area (Å²) in [5, 5.41) is 9.08. The van der Waals surface area contributed by atoms with Crippen LogP contribution in [-0.2, 0) is 16.8 Å². The molecule has 2 rings (SSSR count). The van der Waals surface area contributed by atoms with Gasteiger partial charge < -0.3 is 9.84 Å². The summed E-state index contributed by atoms with van der Waals surface area (Å²) >= 11 is 0. The number of piperidine rings is 1. The minimum absolute atomic E-state index is 0.132. The standard InChI is InChI=1S/C14H22N2O4S/c1-20-14-4-2-12(3-5-14)10-15-21(18,19)16-8-6-13(11-17)7-9-16/h2-5,13,15,17H,6-11H2,1H3. The van der Waals surface area contributed by atoms with Crippen molar-refractivity contribution in [3.63, 3.8) is 0 Å². The topological polar surface area (TPSA) is 78.9 Å². The van der Waals surface area contributed by atoms with Crippen LogP contribution in [0.4, 0.5) is 0 Å². The molecule has 0 aliphatic carbocycles. The highest BCUT2D eigenvalue weighted by Gasteiger charge is 2.27. The van der Waals surface area contributed by atoms with Gasteiger partial charge in [0.2, 0.25) is 0 Å². The third kappa shape index (κ3) is 4.41. The number of hydrogen-bond acceptors (Lipinski definition) is 4. The molecule has 1 aliphatic rings. The third-order valence-electron chi connectivity index (χ3n) is 3.79. The molecular formula is C14H22N2O4S. The van der Waals surface area contributed by atoms with E-state index < -0.39 is 10.2 Å². The van der Waals surface area contributed by atoms with Gasteiger partial charge in [-0.05, 0) is 36.5 Å². The fourth-order valence-corrected chi connectivity index (χ4v) is 3.56. The van der Waals surface area contributed by atoms with Gasteiger partial charge in [-0.3, -0.25) is 0 Å². The predicted molar refractivity (Wildman–Crippen MR) is 80.1 cm³/mol. The van der Waals surface area contributed by atoms with Gasteiger partial charge in [0.1, 0.15) is 5.75 Å². The molecule has 0 saturated carbocycles. The second-order valence-electron chi connectivity index (χ2n) is 5.20. The van der Waals surface area contributed by atoms with Gasteiger partial charge in [-0.15, -0.1) is 0 Å². The Hall–Kier alpha value is -1.15. The summed E-state index contributed by atoms with van der Waals surface area (Å²) in [7, 11) is -1.87. The van der Waals surface area contributed by atoms with Crippen LogP contribution in [0.25, 0.3) is 0 Å². The number of rotatable bonds is 6. The first-order chi connectivity index (χ1) is 10.0. The smallest absolute Gasteiger partial charge is 0.279 e. The maximum atomic E-state index is 12.2. The van der Waals surface area contributed by atoms with Crippen LogP contribution >= 0.6 is 0 Å². The lowest BCUT2D eigenvalue weighted by atomic mass is 10.00. The lowest BCUT2D eigenvalue weighted by molar-refractivity contribution is 0.169. The van der Waals surface area contributed by atoms with Crippen LogP contribution in [0.1, 0.15) is 18.4 Å². The van der Waals surface area contributed by atoms with E-state index in [4.69, 9.17) is 9.84 Å². The molecule has 2 N–H and O–H groups in total. The van der Waals surface area contributed by atoms with Gasteiger partial charge in [-0.2, -0.15) is 17.4 Å². The van der Waals surface area contributed by atoms with Crippen LogP contribution < -0.4 is 9.46 Å². The van der Waals surface area contributed by atoms with Gasteiger partial charge in [0, 0.05) is 26.2 Å². The van der Waals surface area contributed by atoms with E-state index in [1.165, 1.54) is 4.31 Å². The second-order valence-corrected chi connectivity index (χ2v) is 6.95. The van der Waals surface area contributed by atoms with Gasteiger partial charge in [-0.1, -0.05) is 12.1 Å². The summed E-state index contributed by atoms with van der Waals surface area (Å²) in [4.78, 5) is 0. The maximum Gasteiger partial charge on any atom is 0.279 e. The van der Waals surface area contributed by atoms with Crippen LogP contribution in [0.15, 0.2) is 24.3 Å². The molecule has 1 aromatic rings. The molecule has 21 heavy (non-hydrogen) atoms. The summed E-state index contributed by atoms with van der Waals surface area (Å²) in [5.41, 5.74) is 0.879. The highest BCUT2D eigenvalue weighted by Crippen LogP contribution is 2.18. The Morgan fingerprint density at radius 1 is 1.29 bits per heavy atom. The fourth-order valence-electron chi connectivity index (χ4n) is 2.34. The SMILES string of the molecule is COc1ccc(CNS(=O)(=O)N2CCC(CO)CC2)cc1. The second kappa shape index (κ2) is 7.22. The van der Waals surface area contributed by atoms with Crippen molar-refractivity contribution < 1.29 is 18.3 Å². The van der Waals surface area contributed by atoms with Crippen molar-refractivity contribution >= 4 is 10.2 Å². The summed E-state index contributed by atoms with van der Waals surface area (Å²) in [5.74, 6) is 0.964. The van der Waals surface area contributed by atoms with E-state index in [2.05, 4.69) is 4.72 Å². The molecule has 0 bridgehead atoms. The van der Waals surface area contributed by atoms with Crippen molar-refractivity contribution in [2.75, 3.05) is 26.8 Å². The molecule has 0 atom stereocenters. The van der Waals surface area contributed by atoms with Gasteiger partial charge in [0.05, 0.1) is 7.11 Å². The largest absolute Gasteiger partial charge is 0.497 e. The Labute approximate surface area is 125 Å². The number of ether oxygens (including phenoxy) is 1. The molecule has 1 heterocycles. The molecule has 1 fully saturated rings. The average Bonchev–Trinajstić information content (AvgIpc) is 2.53. The molecule has 0 amide bonds. The zero-order valence-corrected chi connectivity index (χ0v) is 13.0. The van der Waals surface area contributed by atoms with Gasteiger partial charge in [0.25, 0.3) is 10.2 Å². The molecule has 7 heteroatoms. The van der Waals surface area contributed by atoms with Crippen molar-refractivity contribution in [2.45, 2.75) is 19.4 Å². The van der Waals surface area contributed by atoms with Crippen LogP contribution in [0, 0.1) is 5.92 Å². The summed E-state index contributed by atoms with van der Waals surface area (Å²) in [6.45, 7) is 1.31. The number of benzene rings is 1. The molecule has 118 valence electrons. The van der Waals surface area contributed by atoms with Crippen molar-refractivity contribution in [3.8, 4) is 5.75 Å². The number of methoxy groups -OCH3 is 1. The minimum Gasteiger partial charge on any atom is -0.497 e. The van der Waals surface area contributed by atoms with Gasteiger partial charge in [0.15, 0.2) is 0 Å². The fraction of sp³-hybridized carbons (Fsp3) is 0.571. The van der Waals surface area contributed by atoms with E-state index in [9.17, 15) is 8.42 Å². The molecular weight excluding hydrogens is 292 g/mol. The predicted octanol–water partition coefficient (Wildman–Crippen LogP) is 0.734. The zero-order valence-electron chi connectivity index (χ0n) is 12.2. The Kier molecular flexibility index (Phi) is 5.58. The number of aliphatic hydroxyl groups excluding tert-OH is 1. The molecule has 0 aromatic heterocycles. The van der Waals surface area contributed by atoms with E-state index in [0.717, 1.165) is 11.3 Å². The number of hydrogen-bond donors (Lipinski definition) is 2. The van der Waals surface area contributed by atoms with Crippen LogP contribution in [-0.4, -0.2) is 44.6 Å². The molecule has 6 nitrogen and oxygen atoms in total. The van der Waals surface area contributed by atoms with Crippen molar-refractivity contribution in [1.82, 2.24) is 9.03 Å². The van der Waals surface area contributed by atoms with E-state index in [-0.39, 0.29) is 19.1 Å². The molecule has 0 unspecified atom stereocenters. The maximum absolute atomic E-state index is 12.2. The first-order valence-corrected chi connectivity index (χ1v) is 8.47. The summed E-state index contributed by atoms with van der Waals surface area (Å²) in [6.07, 6.45) is 1.42. The summed E-state index contributed by atoms with van der Waals surface area (Å²) in [6, 6.07) is 7.27. The van der Waals surface area contributed by atoms with Gasteiger partial charge in [-0.25, -0.2) is 0 Å². The normalized spacial score (nSPS) is 17.8. The molecule has 0 spiro atoms. The average molecular weight is 314 g/mol. The Morgan fingerprint density at radius 3 is 2.43 bits per heavy atom. The summed E-state index contributed by atoms with van der Waals surface area (Å²) < 4.78 is 33.5. The molecule has 1 aliphatic heterocycles. The van der Waals surface area contributed by atoms with E-state index in [0.29, 0.717) is 25.9 Å². The van der Waals surface area contributed by atoms with E-state index >= 15 is 0 Å². The molecule has 1 saturated heterocycles. The first-order valence-electron chi connectivity index (χ1n) is 7.03. The van der Waals surface area contributed by atoms with Crippen molar-refractivity contribution in [3.05, 3.63) is 29.8 Å². The van der Waals surface area contributed by atoms with Crippen molar-refractivity contribution in [2.24, 2.45) is 5.92 Å². The number of nitrogens with one attached hydrogen (secondary N) is 1. The zero-order chi connectivity index (χ0) is 15.3. The Balaban J connectivity index is 1.89. The lowest BCUT2D eigenvalue weighted by Crippen LogP contribution is -2.45. The minimum atomic E-state index is -3.46. The molecule has 1 aromatic carbocycles. The monoisotopic (exact) mass is 314 g/mol. The van der Waals surface area contributed by atoms with Crippen LogP contribution in [0.2, 0.25) is 0 Å². The van der Waals surface area contributed by atoms with Gasteiger partial charge >= 0.3 is 0 Å². The lowest BCUT2D eigenvalue weighted by Gasteiger charge is -2.30. The highest BCUT2D eigenvalue weighted by molar-refractivity contribution is 7.87. The Bertz CT molecular complexity index is 537. The van der Waals surface area contributed by atoms with E-state index in [1.807, 2.05) is 12.1 Å². The third-order valence-corrected chi connectivity index (χ3v) is 5.34. The van der Waals surface area contributed by atoms with E-state index in [1.54, 1.807) is 19.2 Å². The Morgan fingerprint density at radius 2 is 1.90 bits per heavy atom. The van der Waals surface area contributed by atoms with Crippen LogP contribution in [0.3, 0.4) is 0 Å².